The first-order valence-corrected chi connectivity index (χ1v) is 6.46. The number of hydrogen-bond donors (Lipinski definition) is 0. The normalized spacial score (nSPS) is 13.6. The van der Waals surface area contributed by atoms with E-state index in [1.165, 1.54) is 0 Å². The molecule has 1 rings (SSSR count). The van der Waals surface area contributed by atoms with E-state index in [0.717, 1.165) is 5.82 Å². The Morgan fingerprint density at radius 3 is 2.61 bits per heavy atom. The molecule has 4 nitrogen and oxygen atoms in total. The summed E-state index contributed by atoms with van der Waals surface area (Å²) in [7, 11) is 1.94. The van der Waals surface area contributed by atoms with Crippen LogP contribution in [0.3, 0.4) is 0 Å². The molecule has 1 aromatic heterocycles. The molecule has 1 unspecified atom stereocenters. The maximum absolute atomic E-state index is 12.2. The van der Waals surface area contributed by atoms with Crippen molar-refractivity contribution in [1.29, 1.82) is 0 Å². The third-order valence-corrected chi connectivity index (χ3v) is 2.93. The molecule has 4 heteroatoms. The molecule has 0 aliphatic carbocycles. The first-order valence-electron chi connectivity index (χ1n) is 6.46. The van der Waals surface area contributed by atoms with Crippen molar-refractivity contribution in [2.24, 2.45) is 12.5 Å². The van der Waals surface area contributed by atoms with Crippen molar-refractivity contribution in [2.75, 3.05) is 6.61 Å². The Balaban J connectivity index is 2.60. The number of imidazole rings is 1. The summed E-state index contributed by atoms with van der Waals surface area (Å²) in [6.45, 7) is 8.59. The van der Waals surface area contributed by atoms with E-state index < -0.39 is 0 Å². The van der Waals surface area contributed by atoms with Gasteiger partial charge >= 0.3 is 0 Å². The summed E-state index contributed by atoms with van der Waals surface area (Å²) in [6.07, 6.45) is 4.46. The topological polar surface area (TPSA) is 44.1 Å². The fourth-order valence-corrected chi connectivity index (χ4v) is 2.00. The van der Waals surface area contributed by atoms with Crippen LogP contribution in [0.25, 0.3) is 0 Å². The summed E-state index contributed by atoms with van der Waals surface area (Å²) >= 11 is 0. The molecule has 0 spiro atoms. The lowest BCUT2D eigenvalue weighted by molar-refractivity contribution is -0.137. The average molecular weight is 252 g/mol. The van der Waals surface area contributed by atoms with Gasteiger partial charge in [-0.15, -0.1) is 0 Å². The maximum Gasteiger partial charge on any atom is 0.162 e. The highest BCUT2D eigenvalue weighted by Gasteiger charge is 2.31. The van der Waals surface area contributed by atoms with Crippen molar-refractivity contribution >= 4 is 5.78 Å². The van der Waals surface area contributed by atoms with Crippen molar-refractivity contribution in [2.45, 2.75) is 46.6 Å². The molecule has 0 aliphatic heterocycles. The molecule has 0 N–H and O–H groups in total. The molecule has 0 amide bonds. The van der Waals surface area contributed by atoms with Gasteiger partial charge in [-0.3, -0.25) is 4.79 Å². The van der Waals surface area contributed by atoms with E-state index in [1.807, 2.05) is 45.5 Å². The van der Waals surface area contributed by atoms with Gasteiger partial charge < -0.3 is 9.30 Å². The lowest BCUT2D eigenvalue weighted by atomic mass is 9.85. The predicted octanol–water partition coefficient (Wildman–Crippen LogP) is 2.37. The highest BCUT2D eigenvalue weighted by molar-refractivity contribution is 5.84. The Kier molecular flexibility index (Phi) is 5.08. The highest BCUT2D eigenvalue weighted by Crippen LogP contribution is 2.24. The summed E-state index contributed by atoms with van der Waals surface area (Å²) in [4.78, 5) is 16.4. The molecule has 0 saturated heterocycles. The van der Waals surface area contributed by atoms with Crippen LogP contribution in [0.2, 0.25) is 0 Å². The predicted molar refractivity (Wildman–Crippen MR) is 71.4 cm³/mol. The molecule has 1 heterocycles. The standard InChI is InChI=1S/C14H24N2O2/c1-6-18-13(14(2,3)4)11(17)7-8-12-15-9-10-16(12)5/h9-10,13H,6-8H2,1-5H3. The monoisotopic (exact) mass is 252 g/mol. The van der Waals surface area contributed by atoms with Gasteiger partial charge in [-0.2, -0.15) is 0 Å². The Morgan fingerprint density at radius 2 is 2.17 bits per heavy atom. The smallest absolute Gasteiger partial charge is 0.162 e. The van der Waals surface area contributed by atoms with Gasteiger partial charge in [-0.25, -0.2) is 4.98 Å². The molecule has 18 heavy (non-hydrogen) atoms. The Hall–Kier alpha value is -1.16. The van der Waals surface area contributed by atoms with Crippen molar-refractivity contribution in [3.05, 3.63) is 18.2 Å². The minimum absolute atomic E-state index is 0.158. The summed E-state index contributed by atoms with van der Waals surface area (Å²) in [6, 6.07) is 0. The minimum atomic E-state index is -0.331. The van der Waals surface area contributed by atoms with Crippen molar-refractivity contribution in [3.63, 3.8) is 0 Å². The van der Waals surface area contributed by atoms with E-state index >= 15 is 0 Å². The zero-order valence-electron chi connectivity index (χ0n) is 12.1. The number of hydrogen-bond acceptors (Lipinski definition) is 3. The Labute approximate surface area is 109 Å². The Bertz CT molecular complexity index is 391. The fraction of sp³-hybridized carbons (Fsp3) is 0.714. The average Bonchev–Trinajstić information content (AvgIpc) is 2.67. The van der Waals surface area contributed by atoms with Crippen LogP contribution in [0.5, 0.6) is 0 Å². The van der Waals surface area contributed by atoms with Gasteiger partial charge in [0.15, 0.2) is 5.78 Å². The Morgan fingerprint density at radius 1 is 1.50 bits per heavy atom. The third kappa shape index (κ3) is 3.95. The second-order valence-electron chi connectivity index (χ2n) is 5.62. The molecule has 0 aromatic carbocycles. The molecule has 0 fully saturated rings. The number of aryl methyl sites for hydroxylation is 2. The SMILES string of the molecule is CCOC(C(=O)CCc1nccn1C)C(C)(C)C. The lowest BCUT2D eigenvalue weighted by Gasteiger charge is -2.29. The summed E-state index contributed by atoms with van der Waals surface area (Å²) in [5.41, 5.74) is -0.158. The molecule has 0 radical (unpaired) electrons. The van der Waals surface area contributed by atoms with Gasteiger partial charge in [-0.1, -0.05) is 20.8 Å². The van der Waals surface area contributed by atoms with Crippen molar-refractivity contribution in [3.8, 4) is 0 Å². The number of aromatic nitrogens is 2. The second kappa shape index (κ2) is 6.14. The molecular weight excluding hydrogens is 228 g/mol. The summed E-state index contributed by atoms with van der Waals surface area (Å²) in [5, 5.41) is 0. The van der Waals surface area contributed by atoms with Crippen LogP contribution in [0, 0.1) is 5.41 Å². The maximum atomic E-state index is 12.2. The van der Waals surface area contributed by atoms with Crippen LogP contribution in [-0.2, 0) is 23.0 Å². The van der Waals surface area contributed by atoms with Gasteiger partial charge in [-0.05, 0) is 12.3 Å². The molecule has 0 saturated carbocycles. The highest BCUT2D eigenvalue weighted by atomic mass is 16.5. The number of nitrogens with zero attached hydrogens (tertiary/aromatic N) is 2. The fourth-order valence-electron chi connectivity index (χ4n) is 2.00. The van der Waals surface area contributed by atoms with Gasteiger partial charge in [0, 0.05) is 38.9 Å². The van der Waals surface area contributed by atoms with E-state index in [4.69, 9.17) is 4.74 Å². The molecule has 0 aliphatic rings. The number of carbonyl (C=O) groups excluding carboxylic acids is 1. The van der Waals surface area contributed by atoms with Crippen molar-refractivity contribution < 1.29 is 9.53 Å². The number of ketones is 1. The largest absolute Gasteiger partial charge is 0.370 e. The minimum Gasteiger partial charge on any atom is -0.370 e. The van der Waals surface area contributed by atoms with E-state index in [2.05, 4.69) is 4.98 Å². The van der Waals surface area contributed by atoms with E-state index in [0.29, 0.717) is 19.4 Å². The van der Waals surface area contributed by atoms with Gasteiger partial charge in [0.2, 0.25) is 0 Å². The van der Waals surface area contributed by atoms with Crippen LogP contribution in [-0.4, -0.2) is 28.0 Å². The molecular formula is C14H24N2O2. The van der Waals surface area contributed by atoms with E-state index in [-0.39, 0.29) is 17.3 Å². The van der Waals surface area contributed by atoms with Gasteiger partial charge in [0.05, 0.1) is 0 Å². The van der Waals surface area contributed by atoms with Crippen molar-refractivity contribution in [1.82, 2.24) is 9.55 Å². The quantitative estimate of drug-likeness (QED) is 0.780. The van der Waals surface area contributed by atoms with Crippen LogP contribution in [0.15, 0.2) is 12.4 Å². The molecule has 0 bridgehead atoms. The van der Waals surface area contributed by atoms with E-state index in [1.54, 1.807) is 6.20 Å². The van der Waals surface area contributed by atoms with Gasteiger partial charge in [0.25, 0.3) is 0 Å². The van der Waals surface area contributed by atoms with E-state index in [9.17, 15) is 4.79 Å². The van der Waals surface area contributed by atoms with Crippen LogP contribution >= 0.6 is 0 Å². The zero-order valence-corrected chi connectivity index (χ0v) is 12.1. The first kappa shape index (κ1) is 14.9. The first-order chi connectivity index (χ1) is 8.36. The number of carbonyl (C=O) groups is 1. The third-order valence-electron chi connectivity index (χ3n) is 2.93. The van der Waals surface area contributed by atoms with Crippen LogP contribution in [0.1, 0.15) is 39.9 Å². The molecule has 1 atom stereocenters. The van der Waals surface area contributed by atoms with Crippen LogP contribution in [0.4, 0.5) is 0 Å². The number of Topliss-reactive ketones (excluding diaryl/α,β-unsaturated/α-hetero) is 1. The molecule has 1 aromatic rings. The zero-order chi connectivity index (χ0) is 13.8. The van der Waals surface area contributed by atoms with Crippen LogP contribution < -0.4 is 0 Å². The summed E-state index contributed by atoms with van der Waals surface area (Å²) < 4.78 is 7.54. The number of ether oxygens (including phenoxy) is 1. The molecule has 102 valence electrons. The summed E-state index contributed by atoms with van der Waals surface area (Å²) in [5.74, 6) is 1.10. The number of rotatable bonds is 6. The van der Waals surface area contributed by atoms with Gasteiger partial charge in [0.1, 0.15) is 11.9 Å². The second-order valence-corrected chi connectivity index (χ2v) is 5.62. The lowest BCUT2D eigenvalue weighted by Crippen LogP contribution is -2.37.